The average Bonchev–Trinajstić information content (AvgIpc) is 2.90. The summed E-state index contributed by atoms with van der Waals surface area (Å²) < 4.78 is 5.14. The van der Waals surface area contributed by atoms with Gasteiger partial charge in [0.1, 0.15) is 5.76 Å². The summed E-state index contributed by atoms with van der Waals surface area (Å²) in [5.74, 6) is -1.07. The van der Waals surface area contributed by atoms with E-state index in [0.29, 0.717) is 12.2 Å². The first kappa shape index (κ1) is 19.7. The molecule has 0 saturated heterocycles. The van der Waals surface area contributed by atoms with Crippen LogP contribution in [0.2, 0.25) is 0 Å². The van der Waals surface area contributed by atoms with E-state index in [1.165, 1.54) is 0 Å². The van der Waals surface area contributed by atoms with Gasteiger partial charge in [0, 0.05) is 18.5 Å². The van der Waals surface area contributed by atoms with Crippen LogP contribution >= 0.6 is 0 Å². The molecule has 1 aromatic heterocycles. The average molecular weight is 358 g/mol. The molecular formula is C20H26N2O4. The molecule has 0 aliphatic carbocycles. The number of hydrogen-bond acceptors (Lipinski definition) is 4. The molecule has 26 heavy (non-hydrogen) atoms. The van der Waals surface area contributed by atoms with Crippen LogP contribution in [0.1, 0.15) is 47.4 Å². The Balaban J connectivity index is 1.92. The van der Waals surface area contributed by atoms with E-state index in [1.807, 2.05) is 52.0 Å². The van der Waals surface area contributed by atoms with Crippen LogP contribution in [-0.2, 0) is 16.0 Å². The summed E-state index contributed by atoms with van der Waals surface area (Å²) in [4.78, 5) is 23.8. The second-order valence-electron chi connectivity index (χ2n) is 6.88. The third kappa shape index (κ3) is 5.18. The number of aromatic nitrogens is 1. The summed E-state index contributed by atoms with van der Waals surface area (Å²) in [5.41, 5.74) is 3.76. The minimum atomic E-state index is -0.912. The zero-order valence-electron chi connectivity index (χ0n) is 15.7. The monoisotopic (exact) mass is 358 g/mol. The number of nitrogens with zero attached hydrogens (tertiary/aromatic N) is 1. The Hall–Kier alpha value is -2.63. The van der Waals surface area contributed by atoms with Gasteiger partial charge in [0.15, 0.2) is 0 Å². The highest BCUT2D eigenvalue weighted by molar-refractivity contribution is 5.78. The Labute approximate surface area is 153 Å². The van der Waals surface area contributed by atoms with Crippen LogP contribution in [0.4, 0.5) is 0 Å². The Bertz CT molecular complexity index is 762. The van der Waals surface area contributed by atoms with Gasteiger partial charge in [-0.15, -0.1) is 0 Å². The van der Waals surface area contributed by atoms with Crippen molar-refractivity contribution in [3.63, 3.8) is 0 Å². The van der Waals surface area contributed by atoms with E-state index in [-0.39, 0.29) is 24.8 Å². The second-order valence-corrected chi connectivity index (χ2v) is 6.88. The number of aryl methyl sites for hydroxylation is 3. The molecule has 140 valence electrons. The molecule has 0 radical (unpaired) electrons. The number of carbonyl (C=O) groups is 2. The van der Waals surface area contributed by atoms with Crippen molar-refractivity contribution in [1.29, 1.82) is 0 Å². The Kier molecular flexibility index (Phi) is 6.55. The first-order valence-electron chi connectivity index (χ1n) is 8.75. The molecular weight excluding hydrogens is 332 g/mol. The molecule has 2 N–H and O–H groups in total. The molecule has 0 saturated carbocycles. The maximum absolute atomic E-state index is 12.2. The maximum Gasteiger partial charge on any atom is 0.308 e. The van der Waals surface area contributed by atoms with Crippen molar-refractivity contribution < 1.29 is 19.2 Å². The fourth-order valence-corrected chi connectivity index (χ4v) is 3.25. The smallest absolute Gasteiger partial charge is 0.308 e. The molecule has 2 rings (SSSR count). The number of benzene rings is 1. The summed E-state index contributed by atoms with van der Waals surface area (Å²) in [5, 5.41) is 16.1. The lowest BCUT2D eigenvalue weighted by Crippen LogP contribution is -2.34. The summed E-state index contributed by atoms with van der Waals surface area (Å²) in [7, 11) is 0. The van der Waals surface area contributed by atoms with Crippen LogP contribution in [0.15, 0.2) is 28.8 Å². The van der Waals surface area contributed by atoms with E-state index in [4.69, 9.17) is 4.52 Å². The molecule has 1 heterocycles. The van der Waals surface area contributed by atoms with E-state index in [0.717, 1.165) is 22.4 Å². The zero-order valence-corrected chi connectivity index (χ0v) is 15.7. The highest BCUT2D eigenvalue weighted by Crippen LogP contribution is 2.25. The highest BCUT2D eigenvalue weighted by atomic mass is 16.5. The van der Waals surface area contributed by atoms with Crippen molar-refractivity contribution >= 4 is 11.9 Å². The lowest BCUT2D eigenvalue weighted by Gasteiger charge is -2.16. The fraction of sp³-hybridized carbons (Fsp3) is 0.450. The van der Waals surface area contributed by atoms with Gasteiger partial charge in [-0.3, -0.25) is 9.59 Å². The summed E-state index contributed by atoms with van der Waals surface area (Å²) >= 11 is 0. The topological polar surface area (TPSA) is 92.4 Å². The van der Waals surface area contributed by atoms with E-state index in [9.17, 15) is 14.7 Å². The van der Waals surface area contributed by atoms with Crippen molar-refractivity contribution in [2.24, 2.45) is 5.92 Å². The third-order valence-corrected chi connectivity index (χ3v) is 4.53. The van der Waals surface area contributed by atoms with Crippen LogP contribution in [0.3, 0.4) is 0 Å². The molecule has 0 bridgehead atoms. The molecule has 1 amide bonds. The number of carboxylic acids is 1. The number of rotatable bonds is 8. The van der Waals surface area contributed by atoms with Crippen LogP contribution in [0, 0.1) is 26.7 Å². The van der Waals surface area contributed by atoms with Crippen molar-refractivity contribution in [2.45, 2.75) is 46.5 Å². The number of carbonyl (C=O) groups excluding carboxylic acids is 1. The summed E-state index contributed by atoms with van der Waals surface area (Å²) in [6.45, 7) is 7.69. The molecule has 0 aliphatic rings. The van der Waals surface area contributed by atoms with Crippen molar-refractivity contribution in [1.82, 2.24) is 10.5 Å². The number of nitrogens with one attached hydrogen (secondary N) is 1. The van der Waals surface area contributed by atoms with Gasteiger partial charge in [-0.2, -0.15) is 0 Å². The van der Waals surface area contributed by atoms with Crippen LogP contribution < -0.4 is 5.32 Å². The van der Waals surface area contributed by atoms with Gasteiger partial charge in [-0.25, -0.2) is 0 Å². The van der Waals surface area contributed by atoms with Gasteiger partial charge in [0.2, 0.25) is 5.91 Å². The summed E-state index contributed by atoms with van der Waals surface area (Å²) in [6, 6.07) is 7.76. The first-order valence-corrected chi connectivity index (χ1v) is 8.75. The fourth-order valence-electron chi connectivity index (χ4n) is 3.25. The van der Waals surface area contributed by atoms with Gasteiger partial charge >= 0.3 is 5.97 Å². The third-order valence-electron chi connectivity index (χ3n) is 4.53. The largest absolute Gasteiger partial charge is 0.481 e. The molecule has 0 aliphatic heterocycles. The SMILES string of the molecule is Cc1cccc(CC(CNC(=O)CC(C)c2c(C)noc2C)C(=O)O)c1. The van der Waals surface area contributed by atoms with E-state index >= 15 is 0 Å². The Morgan fingerprint density at radius 1 is 1.27 bits per heavy atom. The highest BCUT2D eigenvalue weighted by Gasteiger charge is 2.22. The minimum Gasteiger partial charge on any atom is -0.481 e. The molecule has 0 spiro atoms. The lowest BCUT2D eigenvalue weighted by molar-refractivity contribution is -0.141. The molecule has 2 aromatic rings. The van der Waals surface area contributed by atoms with Gasteiger partial charge in [0.05, 0.1) is 11.6 Å². The molecule has 1 aromatic carbocycles. The molecule has 2 unspecified atom stereocenters. The quantitative estimate of drug-likeness (QED) is 0.756. The van der Waals surface area contributed by atoms with E-state index in [1.54, 1.807) is 0 Å². The van der Waals surface area contributed by atoms with Gasteiger partial charge in [-0.1, -0.05) is 41.9 Å². The zero-order chi connectivity index (χ0) is 19.3. The van der Waals surface area contributed by atoms with Crippen LogP contribution in [0.25, 0.3) is 0 Å². The molecule has 6 heteroatoms. The summed E-state index contributed by atoms with van der Waals surface area (Å²) in [6.07, 6.45) is 0.649. The molecule has 2 atom stereocenters. The minimum absolute atomic E-state index is 0.0405. The van der Waals surface area contributed by atoms with Gasteiger partial charge < -0.3 is 14.9 Å². The number of carboxylic acid groups (broad SMARTS) is 1. The first-order chi connectivity index (χ1) is 12.3. The van der Waals surface area contributed by atoms with Crippen LogP contribution in [0.5, 0.6) is 0 Å². The maximum atomic E-state index is 12.2. The van der Waals surface area contributed by atoms with Gasteiger partial charge in [-0.05, 0) is 38.7 Å². The number of amides is 1. The van der Waals surface area contributed by atoms with Crippen LogP contribution in [-0.4, -0.2) is 28.7 Å². The van der Waals surface area contributed by atoms with E-state index < -0.39 is 11.9 Å². The van der Waals surface area contributed by atoms with Crippen molar-refractivity contribution in [3.05, 3.63) is 52.4 Å². The normalized spacial score (nSPS) is 13.2. The standard InChI is InChI=1S/C20H26N2O4/c1-12-6-5-7-16(8-12)10-17(20(24)25)11-21-18(23)9-13(2)19-14(3)22-26-15(19)4/h5-8,13,17H,9-11H2,1-4H3,(H,21,23)(H,24,25). The van der Waals surface area contributed by atoms with Gasteiger partial charge in [0.25, 0.3) is 0 Å². The molecule has 6 nitrogen and oxygen atoms in total. The Morgan fingerprint density at radius 2 is 2.00 bits per heavy atom. The lowest BCUT2D eigenvalue weighted by atomic mass is 9.95. The van der Waals surface area contributed by atoms with Crippen molar-refractivity contribution in [3.8, 4) is 0 Å². The number of aliphatic carboxylic acids is 1. The predicted octanol–water partition coefficient (Wildman–Crippen LogP) is 3.15. The van der Waals surface area contributed by atoms with Crippen molar-refractivity contribution in [2.75, 3.05) is 6.54 Å². The Morgan fingerprint density at radius 3 is 2.58 bits per heavy atom. The predicted molar refractivity (Wildman–Crippen MR) is 98.0 cm³/mol. The second kappa shape index (κ2) is 8.65. The number of hydrogen-bond donors (Lipinski definition) is 2. The van der Waals surface area contributed by atoms with E-state index in [2.05, 4.69) is 10.5 Å². The molecule has 0 fully saturated rings.